The van der Waals surface area contributed by atoms with Gasteiger partial charge in [-0.25, -0.2) is 0 Å². The summed E-state index contributed by atoms with van der Waals surface area (Å²) in [6.45, 7) is 0.349. The highest BCUT2D eigenvalue weighted by Gasteiger charge is 2.40. The molecule has 0 aliphatic heterocycles. The largest absolute Gasteiger partial charge is 0.431 e. The molecule has 1 aliphatic carbocycles. The zero-order valence-electron chi connectivity index (χ0n) is 9.84. The minimum atomic E-state index is -1.45. The fraction of sp³-hybridized carbons (Fsp3) is 0.500. The Balaban J connectivity index is 2.27. The highest BCUT2D eigenvalue weighted by atomic mass is 16.6. The second-order valence-corrected chi connectivity index (χ2v) is 4.61. The first-order valence-corrected chi connectivity index (χ1v) is 6.16. The Bertz CT molecular complexity index is 357. The van der Waals surface area contributed by atoms with Gasteiger partial charge in [-0.05, 0) is 12.8 Å². The van der Waals surface area contributed by atoms with Gasteiger partial charge < -0.3 is 9.84 Å². The van der Waals surface area contributed by atoms with Gasteiger partial charge in [0, 0.05) is 11.5 Å². The Kier molecular flexibility index (Phi) is 3.79. The summed E-state index contributed by atoms with van der Waals surface area (Å²) in [4.78, 5) is 10.7. The lowest BCUT2D eigenvalue weighted by atomic mass is 9.80. The molecule has 1 fully saturated rings. The molecule has 0 amide bonds. The van der Waals surface area contributed by atoms with Crippen LogP contribution in [0.1, 0.15) is 37.7 Å². The van der Waals surface area contributed by atoms with Gasteiger partial charge in [-0.3, -0.25) is 4.79 Å². The van der Waals surface area contributed by atoms with Crippen molar-refractivity contribution in [3.8, 4) is 0 Å². The monoisotopic (exact) mass is 234 g/mol. The molecule has 0 spiro atoms. The third-order valence-electron chi connectivity index (χ3n) is 3.57. The van der Waals surface area contributed by atoms with Crippen LogP contribution in [0.5, 0.6) is 0 Å². The van der Waals surface area contributed by atoms with E-state index >= 15 is 0 Å². The number of ether oxygens (including phenoxy) is 1. The van der Waals surface area contributed by atoms with Crippen LogP contribution in [0.2, 0.25) is 0 Å². The zero-order chi connectivity index (χ0) is 12.1. The maximum Gasteiger partial charge on any atom is 0.295 e. The van der Waals surface area contributed by atoms with Gasteiger partial charge in [-0.2, -0.15) is 0 Å². The Morgan fingerprint density at radius 2 is 1.82 bits per heavy atom. The maximum atomic E-state index is 10.7. The van der Waals surface area contributed by atoms with E-state index in [1.165, 1.54) is 6.42 Å². The summed E-state index contributed by atoms with van der Waals surface area (Å²) in [6.07, 6.45) is 5.17. The van der Waals surface area contributed by atoms with Crippen molar-refractivity contribution in [3.05, 3.63) is 35.9 Å². The van der Waals surface area contributed by atoms with Crippen molar-refractivity contribution in [2.24, 2.45) is 5.92 Å². The Labute approximate surface area is 101 Å². The molecular formula is C14H18O3. The minimum absolute atomic E-state index is 0.00356. The lowest BCUT2D eigenvalue weighted by Gasteiger charge is -2.36. The highest BCUT2D eigenvalue weighted by Crippen LogP contribution is 2.39. The molecule has 1 aliphatic rings. The number of rotatable bonds is 4. The predicted molar refractivity (Wildman–Crippen MR) is 64.1 cm³/mol. The van der Waals surface area contributed by atoms with Gasteiger partial charge in [-0.1, -0.05) is 49.6 Å². The first-order valence-electron chi connectivity index (χ1n) is 6.16. The van der Waals surface area contributed by atoms with Gasteiger partial charge in [0.15, 0.2) is 0 Å². The minimum Gasteiger partial charge on any atom is -0.431 e. The van der Waals surface area contributed by atoms with Crippen LogP contribution in [0.3, 0.4) is 0 Å². The van der Waals surface area contributed by atoms with Crippen LogP contribution in [0.4, 0.5) is 0 Å². The summed E-state index contributed by atoms with van der Waals surface area (Å²) in [5, 5.41) is 10.7. The molecule has 2 rings (SSSR count). The first kappa shape index (κ1) is 12.1. The van der Waals surface area contributed by atoms with Crippen molar-refractivity contribution in [2.45, 2.75) is 37.9 Å². The molecule has 1 atom stereocenters. The molecule has 1 aromatic rings. The number of hydrogen-bond acceptors (Lipinski definition) is 3. The highest BCUT2D eigenvalue weighted by molar-refractivity contribution is 5.39. The summed E-state index contributed by atoms with van der Waals surface area (Å²) in [5.41, 5.74) is 0.666. The van der Waals surface area contributed by atoms with Crippen LogP contribution < -0.4 is 0 Å². The van der Waals surface area contributed by atoms with E-state index in [2.05, 4.69) is 0 Å². The molecule has 0 unspecified atom stereocenters. The normalized spacial score (nSPS) is 20.5. The van der Waals surface area contributed by atoms with Gasteiger partial charge in [0.05, 0.1) is 0 Å². The topological polar surface area (TPSA) is 46.5 Å². The molecule has 1 saturated carbocycles. The number of aliphatic hydroxyl groups is 1. The van der Waals surface area contributed by atoms with Gasteiger partial charge in [0.1, 0.15) is 0 Å². The van der Waals surface area contributed by atoms with Crippen LogP contribution in [-0.2, 0) is 15.3 Å². The number of benzene rings is 1. The van der Waals surface area contributed by atoms with E-state index in [0.717, 1.165) is 25.7 Å². The fourth-order valence-corrected chi connectivity index (χ4v) is 2.64. The molecule has 3 nitrogen and oxygen atoms in total. The lowest BCUT2D eigenvalue weighted by molar-refractivity contribution is -0.233. The van der Waals surface area contributed by atoms with E-state index < -0.39 is 5.79 Å². The molecule has 1 N–H and O–H groups in total. The quantitative estimate of drug-likeness (QED) is 0.643. The van der Waals surface area contributed by atoms with Gasteiger partial charge in [0.25, 0.3) is 6.47 Å². The predicted octanol–water partition coefficient (Wildman–Crippen LogP) is 2.59. The number of hydrogen-bond donors (Lipinski definition) is 1. The van der Waals surface area contributed by atoms with Crippen LogP contribution in [-0.4, -0.2) is 11.6 Å². The summed E-state index contributed by atoms with van der Waals surface area (Å²) in [6, 6.07) is 9.18. The van der Waals surface area contributed by atoms with E-state index in [-0.39, 0.29) is 5.92 Å². The standard InChI is InChI=1S/C14H18O3/c15-11-17-14(16,12-7-3-1-4-8-12)13-9-5-2-6-10-13/h1,3-4,7-8,11,13,16H,2,5-6,9-10H2/t14-/m0/s1. The van der Waals surface area contributed by atoms with E-state index in [4.69, 9.17) is 4.74 Å². The Morgan fingerprint density at radius 1 is 1.18 bits per heavy atom. The van der Waals surface area contributed by atoms with Crippen molar-refractivity contribution < 1.29 is 14.6 Å². The fourth-order valence-electron chi connectivity index (χ4n) is 2.64. The third kappa shape index (κ3) is 2.50. The van der Waals surface area contributed by atoms with Crippen molar-refractivity contribution in [3.63, 3.8) is 0 Å². The van der Waals surface area contributed by atoms with E-state index in [9.17, 15) is 9.90 Å². The zero-order valence-corrected chi connectivity index (χ0v) is 9.84. The lowest BCUT2D eigenvalue weighted by Crippen LogP contribution is -2.39. The van der Waals surface area contributed by atoms with Crippen molar-refractivity contribution >= 4 is 6.47 Å². The van der Waals surface area contributed by atoms with E-state index in [0.29, 0.717) is 12.0 Å². The molecule has 0 radical (unpaired) electrons. The van der Waals surface area contributed by atoms with Crippen molar-refractivity contribution in [2.75, 3.05) is 0 Å². The van der Waals surface area contributed by atoms with Crippen LogP contribution in [0.15, 0.2) is 30.3 Å². The third-order valence-corrected chi connectivity index (χ3v) is 3.57. The van der Waals surface area contributed by atoms with E-state index in [1.807, 2.05) is 18.2 Å². The second kappa shape index (κ2) is 5.32. The average molecular weight is 234 g/mol. The summed E-state index contributed by atoms with van der Waals surface area (Å²) >= 11 is 0. The van der Waals surface area contributed by atoms with Gasteiger partial charge in [0.2, 0.25) is 5.79 Å². The number of carbonyl (C=O) groups is 1. The molecule has 0 saturated heterocycles. The smallest absolute Gasteiger partial charge is 0.295 e. The Hall–Kier alpha value is -1.35. The van der Waals surface area contributed by atoms with Crippen molar-refractivity contribution in [1.29, 1.82) is 0 Å². The molecular weight excluding hydrogens is 216 g/mol. The molecule has 0 bridgehead atoms. The number of carbonyl (C=O) groups excluding carboxylic acids is 1. The molecule has 0 heterocycles. The maximum absolute atomic E-state index is 10.7. The first-order chi connectivity index (χ1) is 8.27. The second-order valence-electron chi connectivity index (χ2n) is 4.61. The SMILES string of the molecule is O=CO[C@@](O)(c1ccccc1)C1CCCCC1. The molecule has 1 aromatic carbocycles. The van der Waals surface area contributed by atoms with Crippen LogP contribution in [0.25, 0.3) is 0 Å². The average Bonchev–Trinajstić information content (AvgIpc) is 2.41. The van der Waals surface area contributed by atoms with Crippen molar-refractivity contribution in [1.82, 2.24) is 0 Å². The summed E-state index contributed by atoms with van der Waals surface area (Å²) < 4.78 is 5.03. The molecule has 92 valence electrons. The van der Waals surface area contributed by atoms with E-state index in [1.54, 1.807) is 12.1 Å². The Morgan fingerprint density at radius 3 is 2.41 bits per heavy atom. The van der Waals surface area contributed by atoms with Gasteiger partial charge >= 0.3 is 0 Å². The van der Waals surface area contributed by atoms with Crippen LogP contribution >= 0.6 is 0 Å². The molecule has 17 heavy (non-hydrogen) atoms. The van der Waals surface area contributed by atoms with Gasteiger partial charge in [-0.15, -0.1) is 0 Å². The molecule has 0 aromatic heterocycles. The molecule has 3 heteroatoms. The van der Waals surface area contributed by atoms with Crippen LogP contribution in [0, 0.1) is 5.92 Å². The summed E-state index contributed by atoms with van der Waals surface area (Å²) in [5.74, 6) is -1.45. The summed E-state index contributed by atoms with van der Waals surface area (Å²) in [7, 11) is 0.